The Kier molecular flexibility index (Phi) is 2.84. The molecule has 0 radical (unpaired) electrons. The van der Waals surface area contributed by atoms with Crippen molar-refractivity contribution >= 4 is 5.78 Å². The van der Waals surface area contributed by atoms with Gasteiger partial charge in [-0.05, 0) is 18.1 Å². The Balaban J connectivity index is 2.21. The summed E-state index contributed by atoms with van der Waals surface area (Å²) in [5.41, 5.74) is 0.824. The predicted octanol–water partition coefficient (Wildman–Crippen LogP) is 1.65. The monoisotopic (exact) mass is 210 g/mol. The zero-order valence-corrected chi connectivity index (χ0v) is 8.84. The van der Waals surface area contributed by atoms with Crippen LogP contribution in [0.5, 0.6) is 0 Å². The molecule has 0 saturated heterocycles. The fourth-order valence-corrected chi connectivity index (χ4v) is 1.29. The number of aryl methyl sites for hydroxylation is 1. The Morgan fingerprint density at radius 2 is 2.06 bits per heavy atom. The first-order valence-electron chi connectivity index (χ1n) is 4.86. The van der Waals surface area contributed by atoms with Crippen LogP contribution in [0.25, 0.3) is 0 Å². The quantitative estimate of drug-likeness (QED) is 0.530. The van der Waals surface area contributed by atoms with Gasteiger partial charge < -0.3 is 4.57 Å². The average Bonchev–Trinajstić information content (AvgIpc) is 2.74. The van der Waals surface area contributed by atoms with E-state index in [1.165, 1.54) is 0 Å². The zero-order valence-electron chi connectivity index (χ0n) is 8.84. The lowest BCUT2D eigenvalue weighted by Crippen LogP contribution is -2.04. The first-order chi connectivity index (χ1) is 7.77. The van der Waals surface area contributed by atoms with Gasteiger partial charge in [0.05, 0.1) is 0 Å². The number of aromatic nitrogens is 2. The highest BCUT2D eigenvalue weighted by molar-refractivity contribution is 6.06. The Morgan fingerprint density at radius 1 is 1.31 bits per heavy atom. The Hall–Kier alpha value is -2.34. The van der Waals surface area contributed by atoms with Gasteiger partial charge in [0.15, 0.2) is 5.82 Å². The highest BCUT2D eigenvalue weighted by atomic mass is 16.1. The number of carbonyl (C=O) groups is 1. The fourth-order valence-electron chi connectivity index (χ4n) is 1.29. The number of carbonyl (C=O) groups excluding carboxylic acids is 1. The topological polar surface area (TPSA) is 34.9 Å². The van der Waals surface area contributed by atoms with E-state index in [4.69, 9.17) is 0 Å². The summed E-state index contributed by atoms with van der Waals surface area (Å²) in [7, 11) is 1.77. The maximum atomic E-state index is 11.6. The smallest absolute Gasteiger partial charge is 0.271 e. The van der Waals surface area contributed by atoms with E-state index >= 15 is 0 Å². The first kappa shape index (κ1) is 10.2. The van der Waals surface area contributed by atoms with Gasteiger partial charge in [-0.25, -0.2) is 4.98 Å². The van der Waals surface area contributed by atoms with Crippen LogP contribution in [0.1, 0.15) is 16.2 Å². The molecule has 0 aliphatic carbocycles. The van der Waals surface area contributed by atoms with Gasteiger partial charge in [0.1, 0.15) is 0 Å². The van der Waals surface area contributed by atoms with E-state index < -0.39 is 0 Å². The van der Waals surface area contributed by atoms with Crippen molar-refractivity contribution in [3.63, 3.8) is 0 Å². The number of benzene rings is 1. The van der Waals surface area contributed by atoms with E-state index in [1.54, 1.807) is 24.0 Å². The molecule has 16 heavy (non-hydrogen) atoms. The normalized spacial score (nSPS) is 9.31. The maximum Gasteiger partial charge on any atom is 0.271 e. The van der Waals surface area contributed by atoms with Gasteiger partial charge in [-0.2, -0.15) is 0 Å². The first-order valence-corrected chi connectivity index (χ1v) is 4.86. The minimum atomic E-state index is -0.267. The van der Waals surface area contributed by atoms with Crippen LogP contribution in [0, 0.1) is 11.8 Å². The zero-order chi connectivity index (χ0) is 11.4. The molecule has 0 fully saturated rings. The van der Waals surface area contributed by atoms with Crippen LogP contribution in [-0.4, -0.2) is 15.3 Å². The molecule has 3 nitrogen and oxygen atoms in total. The molecule has 0 saturated carbocycles. The van der Waals surface area contributed by atoms with E-state index in [0.29, 0.717) is 5.82 Å². The van der Waals surface area contributed by atoms with Crippen molar-refractivity contribution in [2.45, 2.75) is 0 Å². The summed E-state index contributed by atoms with van der Waals surface area (Å²) in [5, 5.41) is 0. The predicted molar refractivity (Wildman–Crippen MR) is 60.9 cm³/mol. The van der Waals surface area contributed by atoms with Gasteiger partial charge in [-0.15, -0.1) is 0 Å². The van der Waals surface area contributed by atoms with Crippen molar-refractivity contribution in [1.29, 1.82) is 0 Å². The van der Waals surface area contributed by atoms with E-state index in [2.05, 4.69) is 16.8 Å². The molecule has 0 atom stereocenters. The summed E-state index contributed by atoms with van der Waals surface area (Å²) >= 11 is 0. The Bertz CT molecular complexity index is 558. The Labute approximate surface area is 93.7 Å². The molecule has 1 aromatic carbocycles. The van der Waals surface area contributed by atoms with Gasteiger partial charge in [-0.3, -0.25) is 4.79 Å². The summed E-state index contributed by atoms with van der Waals surface area (Å²) in [4.78, 5) is 15.6. The van der Waals surface area contributed by atoms with Gasteiger partial charge >= 0.3 is 0 Å². The van der Waals surface area contributed by atoms with Crippen LogP contribution in [0.4, 0.5) is 0 Å². The van der Waals surface area contributed by atoms with Crippen LogP contribution in [0.2, 0.25) is 0 Å². The number of Topliss-reactive ketones (excluding diaryl/α,β-unsaturated/α-hetero) is 1. The fraction of sp³-hybridized carbons (Fsp3) is 0.0769. The van der Waals surface area contributed by atoms with E-state index in [-0.39, 0.29) is 5.78 Å². The van der Waals surface area contributed by atoms with E-state index in [0.717, 1.165) is 5.56 Å². The number of ketones is 1. The van der Waals surface area contributed by atoms with Crippen molar-refractivity contribution in [2.75, 3.05) is 0 Å². The highest BCUT2D eigenvalue weighted by Gasteiger charge is 2.06. The lowest BCUT2D eigenvalue weighted by atomic mass is 10.2. The van der Waals surface area contributed by atoms with Crippen molar-refractivity contribution in [3.8, 4) is 11.8 Å². The lowest BCUT2D eigenvalue weighted by Gasteiger charge is -1.92. The van der Waals surface area contributed by atoms with E-state index in [1.807, 2.05) is 30.3 Å². The molecule has 1 heterocycles. The molecule has 0 spiro atoms. The second-order valence-electron chi connectivity index (χ2n) is 3.31. The molecule has 1 aromatic heterocycles. The van der Waals surface area contributed by atoms with Crippen molar-refractivity contribution in [1.82, 2.24) is 9.55 Å². The van der Waals surface area contributed by atoms with Crippen LogP contribution in [-0.2, 0) is 7.05 Å². The second-order valence-corrected chi connectivity index (χ2v) is 3.31. The van der Waals surface area contributed by atoms with E-state index in [9.17, 15) is 4.79 Å². The van der Waals surface area contributed by atoms with Crippen LogP contribution in [0.15, 0.2) is 42.7 Å². The molecule has 0 aliphatic rings. The third kappa shape index (κ3) is 2.18. The summed E-state index contributed by atoms with van der Waals surface area (Å²) in [6.45, 7) is 0. The minimum absolute atomic E-state index is 0.267. The van der Waals surface area contributed by atoms with Gasteiger partial charge in [-0.1, -0.05) is 24.1 Å². The van der Waals surface area contributed by atoms with Crippen LogP contribution < -0.4 is 0 Å². The molecular weight excluding hydrogens is 200 g/mol. The summed E-state index contributed by atoms with van der Waals surface area (Å²) in [6, 6.07) is 9.40. The molecule has 2 aromatic rings. The Morgan fingerprint density at radius 3 is 2.69 bits per heavy atom. The second kappa shape index (κ2) is 4.45. The molecule has 78 valence electrons. The summed E-state index contributed by atoms with van der Waals surface area (Å²) in [5.74, 6) is 5.47. The van der Waals surface area contributed by atoms with Crippen molar-refractivity contribution in [2.24, 2.45) is 7.05 Å². The molecule has 0 N–H and O–H groups in total. The van der Waals surface area contributed by atoms with Gasteiger partial charge in [0.25, 0.3) is 5.78 Å². The maximum absolute atomic E-state index is 11.6. The average molecular weight is 210 g/mol. The summed E-state index contributed by atoms with van der Waals surface area (Å²) in [6.07, 6.45) is 3.30. The molecule has 3 heteroatoms. The number of nitrogens with zero attached hydrogens (tertiary/aromatic N) is 2. The number of hydrogen-bond donors (Lipinski definition) is 0. The van der Waals surface area contributed by atoms with Gasteiger partial charge in [0, 0.05) is 25.0 Å². The largest absolute Gasteiger partial charge is 0.331 e. The molecule has 0 bridgehead atoms. The molecule has 0 aliphatic heterocycles. The number of hydrogen-bond acceptors (Lipinski definition) is 2. The SMILES string of the molecule is Cn1ccnc1C(=O)C#Cc1ccccc1. The third-order valence-corrected chi connectivity index (χ3v) is 2.12. The lowest BCUT2D eigenvalue weighted by molar-refractivity contribution is 0.104. The van der Waals surface area contributed by atoms with Crippen molar-refractivity contribution < 1.29 is 4.79 Å². The molecule has 0 amide bonds. The molecular formula is C13H10N2O. The minimum Gasteiger partial charge on any atom is -0.331 e. The summed E-state index contributed by atoms with van der Waals surface area (Å²) < 4.78 is 1.65. The number of imidazole rings is 1. The van der Waals surface area contributed by atoms with Crippen molar-refractivity contribution in [3.05, 3.63) is 54.1 Å². The van der Waals surface area contributed by atoms with Gasteiger partial charge in [0.2, 0.25) is 0 Å². The van der Waals surface area contributed by atoms with Crippen LogP contribution in [0.3, 0.4) is 0 Å². The standard InChI is InChI=1S/C13H10N2O/c1-15-10-9-14-13(15)12(16)8-7-11-5-3-2-4-6-11/h2-6,9-10H,1H3. The molecule has 2 rings (SSSR count). The highest BCUT2D eigenvalue weighted by Crippen LogP contribution is 1.97. The molecule has 0 unspecified atom stereocenters. The third-order valence-electron chi connectivity index (χ3n) is 2.12. The number of rotatable bonds is 1. The van der Waals surface area contributed by atoms with Crippen LogP contribution >= 0.6 is 0 Å².